The normalized spacial score (nSPS) is 11.3. The van der Waals surface area contributed by atoms with E-state index in [1.807, 2.05) is 0 Å². The van der Waals surface area contributed by atoms with Crippen LogP contribution in [0.25, 0.3) is 0 Å². The van der Waals surface area contributed by atoms with Gasteiger partial charge in [-0.1, -0.05) is 0 Å². The molecule has 0 heterocycles. The number of halogens is 6. The number of allylic oxidation sites excluding steroid dienone is 1. The SMILES string of the molecule is FC(F)(F)C(Br)=C(Br)Br. The molecule has 0 aliphatic rings. The molecule has 0 spiro atoms. The minimum atomic E-state index is -4.32. The number of hydrogen-bond donors (Lipinski definition) is 0. The first kappa shape index (κ1) is 9.97. The highest BCUT2D eigenvalue weighted by molar-refractivity contribution is 9.29. The van der Waals surface area contributed by atoms with Gasteiger partial charge in [-0.05, 0) is 47.8 Å². The molecule has 0 bridgehead atoms. The van der Waals surface area contributed by atoms with Crippen LogP contribution in [-0.2, 0) is 0 Å². The lowest BCUT2D eigenvalue weighted by molar-refractivity contribution is -0.0827. The number of hydrogen-bond acceptors (Lipinski definition) is 0. The first-order valence-electron chi connectivity index (χ1n) is 1.63. The second kappa shape index (κ2) is 3.39. The third-order valence-electron chi connectivity index (χ3n) is 0.415. The van der Waals surface area contributed by atoms with Crippen molar-refractivity contribution < 1.29 is 13.2 Å². The van der Waals surface area contributed by atoms with Gasteiger partial charge in [-0.3, -0.25) is 0 Å². The van der Waals surface area contributed by atoms with E-state index < -0.39 is 10.7 Å². The fourth-order valence-corrected chi connectivity index (χ4v) is 0.557. The Morgan fingerprint density at radius 3 is 1.33 bits per heavy atom. The topological polar surface area (TPSA) is 0 Å². The summed E-state index contributed by atoms with van der Waals surface area (Å²) in [6.45, 7) is 0. The summed E-state index contributed by atoms with van der Waals surface area (Å²) in [5.74, 6) is 0. The van der Waals surface area contributed by atoms with Crippen LogP contribution in [0.15, 0.2) is 7.87 Å². The van der Waals surface area contributed by atoms with Crippen LogP contribution in [0.3, 0.4) is 0 Å². The molecule has 54 valence electrons. The maximum Gasteiger partial charge on any atom is 0.424 e. The number of alkyl halides is 3. The zero-order chi connectivity index (χ0) is 7.65. The maximum atomic E-state index is 11.5. The molecular weight excluding hydrogens is 333 g/mol. The number of rotatable bonds is 0. The van der Waals surface area contributed by atoms with Crippen LogP contribution in [-0.4, -0.2) is 6.18 Å². The molecule has 0 aromatic heterocycles. The van der Waals surface area contributed by atoms with Gasteiger partial charge in [0.2, 0.25) is 0 Å². The molecule has 0 aromatic rings. The van der Waals surface area contributed by atoms with Gasteiger partial charge in [0.1, 0.15) is 4.48 Å². The van der Waals surface area contributed by atoms with Crippen LogP contribution in [0.1, 0.15) is 0 Å². The molecular formula is C3Br3F3. The highest BCUT2D eigenvalue weighted by Crippen LogP contribution is 2.37. The van der Waals surface area contributed by atoms with E-state index in [-0.39, 0.29) is 3.39 Å². The third-order valence-corrected chi connectivity index (χ3v) is 3.12. The zero-order valence-electron chi connectivity index (χ0n) is 3.77. The minimum absolute atomic E-state index is 0.137. The molecule has 0 rings (SSSR count). The van der Waals surface area contributed by atoms with Crippen molar-refractivity contribution in [3.05, 3.63) is 7.87 Å². The second-order valence-electron chi connectivity index (χ2n) is 1.07. The van der Waals surface area contributed by atoms with Gasteiger partial charge < -0.3 is 0 Å². The van der Waals surface area contributed by atoms with Gasteiger partial charge in [0.05, 0.1) is 3.39 Å². The van der Waals surface area contributed by atoms with Crippen LogP contribution < -0.4 is 0 Å². The predicted octanol–water partition coefficient (Wildman–Crippen LogP) is 3.90. The summed E-state index contributed by atoms with van der Waals surface area (Å²) < 4.78 is 33.6. The molecule has 0 N–H and O–H groups in total. The first-order valence-corrected chi connectivity index (χ1v) is 4.01. The molecule has 0 unspecified atom stereocenters. The largest absolute Gasteiger partial charge is 0.424 e. The zero-order valence-corrected chi connectivity index (χ0v) is 8.53. The molecule has 0 nitrogen and oxygen atoms in total. The summed E-state index contributed by atoms with van der Waals surface area (Å²) in [4.78, 5) is 0. The van der Waals surface area contributed by atoms with Crippen molar-refractivity contribution in [2.24, 2.45) is 0 Å². The standard InChI is InChI=1S/C3Br3F3/c4-1(2(5)6)3(7,8)9. The molecule has 0 aromatic carbocycles. The van der Waals surface area contributed by atoms with E-state index in [0.717, 1.165) is 0 Å². The highest BCUT2D eigenvalue weighted by Gasteiger charge is 2.33. The molecule has 0 saturated heterocycles. The van der Waals surface area contributed by atoms with Crippen molar-refractivity contribution in [1.29, 1.82) is 0 Å². The molecule has 0 amide bonds. The molecule has 0 atom stereocenters. The van der Waals surface area contributed by atoms with E-state index in [1.54, 1.807) is 0 Å². The Morgan fingerprint density at radius 1 is 1.00 bits per heavy atom. The molecule has 0 aliphatic heterocycles. The van der Waals surface area contributed by atoms with Crippen molar-refractivity contribution in [3.8, 4) is 0 Å². The van der Waals surface area contributed by atoms with Gasteiger partial charge in [0.25, 0.3) is 0 Å². The summed E-state index contributed by atoms with van der Waals surface area (Å²) in [5, 5.41) is 0. The Labute approximate surface area is 74.9 Å². The fourth-order valence-electron chi connectivity index (χ4n) is 0.107. The average Bonchev–Trinajstić information content (AvgIpc) is 1.62. The van der Waals surface area contributed by atoms with E-state index >= 15 is 0 Å². The quantitative estimate of drug-likeness (QED) is 0.631. The van der Waals surface area contributed by atoms with Crippen molar-refractivity contribution in [1.82, 2.24) is 0 Å². The van der Waals surface area contributed by atoms with E-state index in [9.17, 15) is 13.2 Å². The first-order chi connectivity index (χ1) is 3.85. The van der Waals surface area contributed by atoms with E-state index in [2.05, 4.69) is 47.8 Å². The molecule has 0 aliphatic carbocycles. The van der Waals surface area contributed by atoms with Gasteiger partial charge in [0, 0.05) is 0 Å². The summed E-state index contributed by atoms with van der Waals surface area (Å²) in [6, 6.07) is 0. The Morgan fingerprint density at radius 2 is 1.33 bits per heavy atom. The summed E-state index contributed by atoms with van der Waals surface area (Å²) in [7, 11) is 0. The summed E-state index contributed by atoms with van der Waals surface area (Å²) in [5.41, 5.74) is 0. The molecule has 9 heavy (non-hydrogen) atoms. The summed E-state index contributed by atoms with van der Waals surface area (Å²) >= 11 is 7.53. The monoisotopic (exact) mass is 330 g/mol. The Balaban J connectivity index is 4.40. The van der Waals surface area contributed by atoms with Gasteiger partial charge >= 0.3 is 6.18 Å². The Hall–Kier alpha value is 0.970. The van der Waals surface area contributed by atoms with Crippen molar-refractivity contribution in [3.63, 3.8) is 0 Å². The van der Waals surface area contributed by atoms with Gasteiger partial charge in [-0.2, -0.15) is 13.2 Å². The smallest absolute Gasteiger partial charge is 0.166 e. The molecule has 6 heteroatoms. The molecule has 0 saturated carbocycles. The maximum absolute atomic E-state index is 11.5. The van der Waals surface area contributed by atoms with Crippen LogP contribution in [0, 0.1) is 0 Å². The third kappa shape index (κ3) is 3.62. The fraction of sp³-hybridized carbons (Fsp3) is 0.333. The predicted molar refractivity (Wildman–Crippen MR) is 39.9 cm³/mol. The lowest BCUT2D eigenvalue weighted by Gasteiger charge is -2.03. The van der Waals surface area contributed by atoms with Crippen molar-refractivity contribution >= 4 is 47.8 Å². The van der Waals surface area contributed by atoms with E-state index in [4.69, 9.17) is 0 Å². The summed E-state index contributed by atoms with van der Waals surface area (Å²) in [6.07, 6.45) is -4.32. The minimum Gasteiger partial charge on any atom is -0.166 e. The van der Waals surface area contributed by atoms with Crippen molar-refractivity contribution in [2.75, 3.05) is 0 Å². The lowest BCUT2D eigenvalue weighted by Crippen LogP contribution is -2.06. The van der Waals surface area contributed by atoms with E-state index in [1.165, 1.54) is 0 Å². The van der Waals surface area contributed by atoms with Crippen LogP contribution in [0.2, 0.25) is 0 Å². The van der Waals surface area contributed by atoms with Crippen molar-refractivity contribution in [2.45, 2.75) is 6.18 Å². The van der Waals surface area contributed by atoms with Crippen LogP contribution in [0.4, 0.5) is 13.2 Å². The van der Waals surface area contributed by atoms with Crippen LogP contribution >= 0.6 is 47.8 Å². The highest BCUT2D eigenvalue weighted by atomic mass is 79.9. The van der Waals surface area contributed by atoms with Gasteiger partial charge in [-0.25, -0.2) is 0 Å². The Kier molecular flexibility index (Phi) is 3.75. The second-order valence-corrected chi connectivity index (χ2v) is 4.52. The molecule has 0 radical (unpaired) electrons. The van der Waals surface area contributed by atoms with Gasteiger partial charge in [0.15, 0.2) is 0 Å². The molecule has 0 fully saturated rings. The lowest BCUT2D eigenvalue weighted by atomic mass is 10.6. The average molecular weight is 333 g/mol. The Bertz CT molecular complexity index is 132. The van der Waals surface area contributed by atoms with E-state index in [0.29, 0.717) is 0 Å². The van der Waals surface area contributed by atoms with Gasteiger partial charge in [-0.15, -0.1) is 0 Å². The van der Waals surface area contributed by atoms with Crippen LogP contribution in [0.5, 0.6) is 0 Å².